The number of allylic oxidation sites excluding steroid dienone is 5. The Hall–Kier alpha value is -2.37. The molecular weight excluding hydrogens is 661 g/mol. The van der Waals surface area contributed by atoms with Crippen LogP contribution in [-0.2, 0) is 28.6 Å². The molecule has 0 heterocycles. The SMILES string of the molecule is C=CCCCCCCCC(=O)OCC(COC(=O)CCCCCCCCCCCCCCC)OC(=O)CCCCCCC/C=C\C/C=C\CCCCC. The zero-order valence-electron chi connectivity index (χ0n) is 34.9. The van der Waals surface area contributed by atoms with Gasteiger partial charge in [0.2, 0.25) is 0 Å². The molecule has 0 bridgehead atoms. The van der Waals surface area contributed by atoms with E-state index in [9.17, 15) is 14.4 Å². The van der Waals surface area contributed by atoms with Gasteiger partial charge in [0.15, 0.2) is 6.10 Å². The fraction of sp³-hybridized carbons (Fsp3) is 0.809. The van der Waals surface area contributed by atoms with Crippen LogP contribution in [0.1, 0.15) is 226 Å². The average molecular weight is 745 g/mol. The second-order valence-electron chi connectivity index (χ2n) is 15.0. The molecule has 1 atom stereocenters. The van der Waals surface area contributed by atoms with Gasteiger partial charge in [-0.1, -0.05) is 173 Å². The molecule has 0 aliphatic carbocycles. The summed E-state index contributed by atoms with van der Waals surface area (Å²) in [6, 6.07) is 0. The van der Waals surface area contributed by atoms with Gasteiger partial charge >= 0.3 is 17.9 Å². The maximum absolute atomic E-state index is 12.7. The average Bonchev–Trinajstić information content (AvgIpc) is 3.15. The van der Waals surface area contributed by atoms with E-state index in [1.807, 2.05) is 6.08 Å². The van der Waals surface area contributed by atoms with Crippen molar-refractivity contribution >= 4 is 17.9 Å². The normalized spacial score (nSPS) is 12.0. The van der Waals surface area contributed by atoms with Gasteiger partial charge in [-0.15, -0.1) is 6.58 Å². The standard InChI is InChI=1S/C47H84O6/c1-4-7-10-13-16-18-20-22-23-25-27-29-32-35-38-41-47(50)53-44(42-51-45(48)39-36-33-30-15-12-9-6-3)43-52-46(49)40-37-34-31-28-26-24-21-19-17-14-11-8-5-2/h6,16,18,22-23,44H,3-5,7-15,17,19-21,24-43H2,1-2H3/b18-16-,23-22-. The summed E-state index contributed by atoms with van der Waals surface area (Å²) in [7, 11) is 0. The largest absolute Gasteiger partial charge is 0.462 e. The molecule has 1 unspecified atom stereocenters. The molecule has 0 saturated carbocycles. The van der Waals surface area contributed by atoms with Crippen LogP contribution in [0.4, 0.5) is 0 Å². The van der Waals surface area contributed by atoms with Crippen molar-refractivity contribution in [1.29, 1.82) is 0 Å². The number of rotatable bonds is 41. The predicted molar refractivity (Wildman–Crippen MR) is 224 cm³/mol. The van der Waals surface area contributed by atoms with Gasteiger partial charge in [-0.3, -0.25) is 14.4 Å². The minimum absolute atomic E-state index is 0.0816. The van der Waals surface area contributed by atoms with Crippen molar-refractivity contribution in [3.63, 3.8) is 0 Å². The molecule has 6 nitrogen and oxygen atoms in total. The van der Waals surface area contributed by atoms with Gasteiger partial charge in [0.05, 0.1) is 0 Å². The van der Waals surface area contributed by atoms with Crippen LogP contribution in [0.2, 0.25) is 0 Å². The lowest BCUT2D eigenvalue weighted by atomic mass is 10.0. The highest BCUT2D eigenvalue weighted by molar-refractivity contribution is 5.71. The lowest BCUT2D eigenvalue weighted by Crippen LogP contribution is -2.30. The number of carbonyl (C=O) groups is 3. The first-order valence-corrected chi connectivity index (χ1v) is 22.4. The van der Waals surface area contributed by atoms with Crippen molar-refractivity contribution < 1.29 is 28.6 Å². The fourth-order valence-corrected chi connectivity index (χ4v) is 6.33. The Labute approximate surface area is 327 Å². The minimum Gasteiger partial charge on any atom is -0.462 e. The Bertz CT molecular complexity index is 893. The highest BCUT2D eigenvalue weighted by Gasteiger charge is 2.19. The number of esters is 3. The first-order chi connectivity index (χ1) is 26.0. The van der Waals surface area contributed by atoms with Crippen molar-refractivity contribution in [2.75, 3.05) is 13.2 Å². The Balaban J connectivity index is 4.32. The van der Waals surface area contributed by atoms with E-state index >= 15 is 0 Å². The lowest BCUT2D eigenvalue weighted by molar-refractivity contribution is -0.167. The quantitative estimate of drug-likeness (QED) is 0.0268. The monoisotopic (exact) mass is 745 g/mol. The topological polar surface area (TPSA) is 78.9 Å². The van der Waals surface area contributed by atoms with Crippen molar-refractivity contribution in [3.05, 3.63) is 37.0 Å². The van der Waals surface area contributed by atoms with Gasteiger partial charge in [0.1, 0.15) is 13.2 Å². The Kier molecular flexibility index (Phi) is 40.5. The summed E-state index contributed by atoms with van der Waals surface area (Å²) in [4.78, 5) is 37.6. The van der Waals surface area contributed by atoms with Gasteiger partial charge in [-0.05, 0) is 64.2 Å². The summed E-state index contributed by atoms with van der Waals surface area (Å²) in [6.07, 6.45) is 46.0. The van der Waals surface area contributed by atoms with Crippen LogP contribution in [0.15, 0.2) is 37.0 Å². The molecule has 53 heavy (non-hydrogen) atoms. The summed E-state index contributed by atoms with van der Waals surface area (Å²) in [6.45, 7) is 8.08. The predicted octanol–water partition coefficient (Wildman–Crippen LogP) is 14.2. The van der Waals surface area contributed by atoms with Crippen LogP contribution in [0.3, 0.4) is 0 Å². The van der Waals surface area contributed by atoms with Crippen LogP contribution in [0, 0.1) is 0 Å². The second-order valence-corrected chi connectivity index (χ2v) is 15.0. The van der Waals surface area contributed by atoms with Crippen LogP contribution < -0.4 is 0 Å². The number of unbranched alkanes of at least 4 members (excludes halogenated alkanes) is 25. The molecule has 0 aromatic carbocycles. The Morgan fingerprint density at radius 2 is 0.774 bits per heavy atom. The van der Waals surface area contributed by atoms with Gasteiger partial charge < -0.3 is 14.2 Å². The molecule has 0 saturated heterocycles. The number of carbonyl (C=O) groups excluding carboxylic acids is 3. The number of hydrogen-bond donors (Lipinski definition) is 0. The van der Waals surface area contributed by atoms with Gasteiger partial charge in [-0.2, -0.15) is 0 Å². The van der Waals surface area contributed by atoms with Crippen molar-refractivity contribution in [2.45, 2.75) is 232 Å². The van der Waals surface area contributed by atoms with E-state index in [1.54, 1.807) is 0 Å². The molecule has 0 rings (SSSR count). The Morgan fingerprint density at radius 3 is 1.21 bits per heavy atom. The maximum Gasteiger partial charge on any atom is 0.306 e. The molecule has 0 fully saturated rings. The molecular formula is C47H84O6. The summed E-state index contributed by atoms with van der Waals surface area (Å²) in [5, 5.41) is 0. The first kappa shape index (κ1) is 50.6. The zero-order valence-corrected chi connectivity index (χ0v) is 34.9. The van der Waals surface area contributed by atoms with Crippen LogP contribution in [0.5, 0.6) is 0 Å². The van der Waals surface area contributed by atoms with Crippen LogP contribution >= 0.6 is 0 Å². The smallest absolute Gasteiger partial charge is 0.306 e. The molecule has 0 amide bonds. The number of ether oxygens (including phenoxy) is 3. The highest BCUT2D eigenvalue weighted by Crippen LogP contribution is 2.14. The van der Waals surface area contributed by atoms with E-state index in [0.29, 0.717) is 19.3 Å². The first-order valence-electron chi connectivity index (χ1n) is 22.4. The van der Waals surface area contributed by atoms with Gasteiger partial charge in [-0.25, -0.2) is 0 Å². The van der Waals surface area contributed by atoms with Gasteiger partial charge in [0, 0.05) is 19.3 Å². The molecule has 0 aromatic heterocycles. The third-order valence-electron chi connectivity index (χ3n) is 9.76. The molecule has 0 N–H and O–H groups in total. The molecule has 0 aliphatic heterocycles. The molecule has 0 spiro atoms. The third-order valence-corrected chi connectivity index (χ3v) is 9.76. The lowest BCUT2D eigenvalue weighted by Gasteiger charge is -2.18. The summed E-state index contributed by atoms with van der Waals surface area (Å²) in [5.74, 6) is -0.918. The zero-order chi connectivity index (χ0) is 38.7. The van der Waals surface area contributed by atoms with Crippen LogP contribution in [-0.4, -0.2) is 37.2 Å². The Morgan fingerprint density at radius 1 is 0.434 bits per heavy atom. The van der Waals surface area contributed by atoms with Crippen molar-refractivity contribution in [2.24, 2.45) is 0 Å². The molecule has 308 valence electrons. The van der Waals surface area contributed by atoms with Crippen LogP contribution in [0.25, 0.3) is 0 Å². The van der Waals surface area contributed by atoms with Gasteiger partial charge in [0.25, 0.3) is 0 Å². The second kappa shape index (κ2) is 42.4. The molecule has 0 radical (unpaired) electrons. The molecule has 6 heteroatoms. The summed E-state index contributed by atoms with van der Waals surface area (Å²) < 4.78 is 16.6. The highest BCUT2D eigenvalue weighted by atomic mass is 16.6. The summed E-state index contributed by atoms with van der Waals surface area (Å²) in [5.41, 5.74) is 0. The number of hydrogen-bond acceptors (Lipinski definition) is 6. The fourth-order valence-electron chi connectivity index (χ4n) is 6.33. The van der Waals surface area contributed by atoms with E-state index in [4.69, 9.17) is 14.2 Å². The minimum atomic E-state index is -0.779. The van der Waals surface area contributed by atoms with E-state index in [1.165, 1.54) is 89.9 Å². The third kappa shape index (κ3) is 40.6. The summed E-state index contributed by atoms with van der Waals surface area (Å²) >= 11 is 0. The van der Waals surface area contributed by atoms with Crippen molar-refractivity contribution in [1.82, 2.24) is 0 Å². The maximum atomic E-state index is 12.7. The van der Waals surface area contributed by atoms with E-state index in [0.717, 1.165) is 103 Å². The van der Waals surface area contributed by atoms with E-state index in [-0.39, 0.29) is 31.1 Å². The van der Waals surface area contributed by atoms with Crippen molar-refractivity contribution in [3.8, 4) is 0 Å². The molecule has 0 aliphatic rings. The van der Waals surface area contributed by atoms with E-state index < -0.39 is 6.10 Å². The molecule has 0 aromatic rings. The van der Waals surface area contributed by atoms with E-state index in [2.05, 4.69) is 44.7 Å².